The second-order valence-corrected chi connectivity index (χ2v) is 7.21. The Hall–Kier alpha value is -2.47. The minimum Gasteiger partial charge on any atom is -0.355 e. The molecule has 2 heterocycles. The number of nitrogens with one attached hydrogen (secondary N) is 1. The highest BCUT2D eigenvalue weighted by Gasteiger charge is 2.18. The first-order valence-electron chi connectivity index (χ1n) is 8.89. The zero-order valence-corrected chi connectivity index (χ0v) is 16.2. The summed E-state index contributed by atoms with van der Waals surface area (Å²) in [6.45, 7) is 6.63. The normalized spacial score (nSPS) is 12.1. The largest absolute Gasteiger partial charge is 0.355 e. The van der Waals surface area contributed by atoms with E-state index >= 15 is 0 Å². The molecule has 0 radical (unpaired) electrons. The van der Waals surface area contributed by atoms with Gasteiger partial charge in [0.15, 0.2) is 0 Å². The van der Waals surface area contributed by atoms with Crippen molar-refractivity contribution in [2.24, 2.45) is 0 Å². The van der Waals surface area contributed by atoms with Crippen molar-refractivity contribution in [1.29, 1.82) is 0 Å². The first-order chi connectivity index (χ1) is 12.6. The molecule has 136 valence electrons. The lowest BCUT2D eigenvalue weighted by molar-refractivity contribution is -0.122. The van der Waals surface area contributed by atoms with Crippen molar-refractivity contribution in [3.05, 3.63) is 64.4 Å². The minimum absolute atomic E-state index is 0.0766. The van der Waals surface area contributed by atoms with Crippen LogP contribution in [0, 0.1) is 13.8 Å². The molecule has 0 saturated carbocycles. The molecule has 26 heavy (non-hydrogen) atoms. The van der Waals surface area contributed by atoms with Crippen LogP contribution in [0.15, 0.2) is 41.8 Å². The number of carbonyl (C=O) groups excluding carboxylic acids is 1. The van der Waals surface area contributed by atoms with Gasteiger partial charge in [0, 0.05) is 24.0 Å². The fraction of sp³-hybridized carbons (Fsp3) is 0.350. The monoisotopic (exact) mass is 368 g/mol. The molecule has 0 aliphatic carbocycles. The van der Waals surface area contributed by atoms with Crippen LogP contribution in [0.5, 0.6) is 0 Å². The zero-order chi connectivity index (χ0) is 18.5. The predicted octanol–water partition coefficient (Wildman–Crippen LogP) is 3.80. The maximum absolute atomic E-state index is 12.5. The third-order valence-electron chi connectivity index (χ3n) is 4.34. The summed E-state index contributed by atoms with van der Waals surface area (Å²) in [5.74, 6) is -0.0235. The number of nitrogens with zero attached hydrogens (tertiary/aromatic N) is 3. The summed E-state index contributed by atoms with van der Waals surface area (Å²) in [7, 11) is 0. The highest BCUT2D eigenvalue weighted by atomic mass is 32.1. The number of hydrogen-bond acceptors (Lipinski definition) is 4. The lowest BCUT2D eigenvalue weighted by Gasteiger charge is -2.15. The van der Waals surface area contributed by atoms with Crippen molar-refractivity contribution in [2.45, 2.75) is 39.5 Å². The predicted molar refractivity (Wildman–Crippen MR) is 105 cm³/mol. The molecule has 1 aromatic carbocycles. The van der Waals surface area contributed by atoms with Gasteiger partial charge in [-0.05, 0) is 31.9 Å². The van der Waals surface area contributed by atoms with E-state index in [1.165, 1.54) is 0 Å². The molecular formula is C20H24N4OS. The smallest absolute Gasteiger partial charge is 0.227 e. The molecule has 1 atom stereocenters. The average Bonchev–Trinajstić information content (AvgIpc) is 3.22. The van der Waals surface area contributed by atoms with Crippen LogP contribution in [-0.4, -0.2) is 27.2 Å². The van der Waals surface area contributed by atoms with Crippen molar-refractivity contribution in [3.63, 3.8) is 0 Å². The first kappa shape index (κ1) is 18.3. The Bertz CT molecular complexity index is 869. The number of carbonyl (C=O) groups is 1. The molecule has 5 nitrogen and oxygen atoms in total. The number of aromatic nitrogens is 3. The van der Waals surface area contributed by atoms with E-state index in [0.29, 0.717) is 13.0 Å². The Kier molecular flexibility index (Phi) is 5.83. The third kappa shape index (κ3) is 4.19. The lowest BCUT2D eigenvalue weighted by Crippen LogP contribution is -2.30. The van der Waals surface area contributed by atoms with Crippen LogP contribution in [0.2, 0.25) is 0 Å². The van der Waals surface area contributed by atoms with Gasteiger partial charge in [-0.3, -0.25) is 4.79 Å². The number of thiazole rings is 1. The van der Waals surface area contributed by atoms with E-state index in [1.54, 1.807) is 11.3 Å². The van der Waals surface area contributed by atoms with Crippen molar-refractivity contribution in [2.75, 3.05) is 6.54 Å². The summed E-state index contributed by atoms with van der Waals surface area (Å²) >= 11 is 1.57. The molecule has 1 unspecified atom stereocenters. The highest BCUT2D eigenvalue weighted by Crippen LogP contribution is 2.20. The van der Waals surface area contributed by atoms with Crippen LogP contribution in [0.4, 0.5) is 0 Å². The molecule has 0 saturated heterocycles. The van der Waals surface area contributed by atoms with Gasteiger partial charge in [0.2, 0.25) is 11.0 Å². The number of hydrogen-bond donors (Lipinski definition) is 1. The summed E-state index contributed by atoms with van der Waals surface area (Å²) in [5.41, 5.74) is 4.10. The molecule has 0 bridgehead atoms. The molecule has 1 N–H and O–H groups in total. The SMILES string of the molecule is CCC(C(=O)NCCc1csc(-n2nc(C)cc2C)n1)c1ccccc1. The van der Waals surface area contributed by atoms with Crippen LogP contribution in [0.1, 0.15) is 41.9 Å². The van der Waals surface area contributed by atoms with Gasteiger partial charge < -0.3 is 5.32 Å². The maximum Gasteiger partial charge on any atom is 0.227 e. The summed E-state index contributed by atoms with van der Waals surface area (Å²) in [4.78, 5) is 17.1. The van der Waals surface area contributed by atoms with Crippen molar-refractivity contribution in [1.82, 2.24) is 20.1 Å². The van der Waals surface area contributed by atoms with Gasteiger partial charge in [-0.15, -0.1) is 11.3 Å². The summed E-state index contributed by atoms with van der Waals surface area (Å²) in [5, 5.41) is 10.4. The molecule has 2 aromatic heterocycles. The lowest BCUT2D eigenvalue weighted by atomic mass is 9.96. The molecule has 0 spiro atoms. The van der Waals surface area contributed by atoms with E-state index in [4.69, 9.17) is 0 Å². The Morgan fingerprint density at radius 1 is 1.27 bits per heavy atom. The van der Waals surface area contributed by atoms with Gasteiger partial charge >= 0.3 is 0 Å². The van der Waals surface area contributed by atoms with E-state index in [-0.39, 0.29) is 11.8 Å². The summed E-state index contributed by atoms with van der Waals surface area (Å²) in [6.07, 6.45) is 1.50. The van der Waals surface area contributed by atoms with Gasteiger partial charge in [-0.25, -0.2) is 9.67 Å². The average molecular weight is 369 g/mol. The topological polar surface area (TPSA) is 59.8 Å². The molecule has 0 fully saturated rings. The molecule has 1 amide bonds. The van der Waals surface area contributed by atoms with E-state index in [2.05, 4.69) is 15.4 Å². The minimum atomic E-state index is -0.100. The van der Waals surface area contributed by atoms with Gasteiger partial charge in [0.25, 0.3) is 0 Å². The van der Waals surface area contributed by atoms with Crippen molar-refractivity contribution < 1.29 is 4.79 Å². The Labute approximate surface area is 158 Å². The van der Waals surface area contributed by atoms with E-state index in [9.17, 15) is 4.79 Å². The third-order valence-corrected chi connectivity index (χ3v) is 5.20. The summed E-state index contributed by atoms with van der Waals surface area (Å²) in [6, 6.07) is 12.0. The van der Waals surface area contributed by atoms with E-state index in [0.717, 1.165) is 34.2 Å². The second kappa shape index (κ2) is 8.27. The van der Waals surface area contributed by atoms with E-state index in [1.807, 2.05) is 67.2 Å². The van der Waals surface area contributed by atoms with Crippen LogP contribution in [0.25, 0.3) is 5.13 Å². The quantitative estimate of drug-likeness (QED) is 0.690. The Morgan fingerprint density at radius 3 is 2.69 bits per heavy atom. The Balaban J connectivity index is 1.56. The molecule has 0 aliphatic rings. The number of amides is 1. The van der Waals surface area contributed by atoms with Crippen LogP contribution < -0.4 is 5.32 Å². The van der Waals surface area contributed by atoms with Crippen LogP contribution in [-0.2, 0) is 11.2 Å². The standard InChI is InChI=1S/C20H24N4OS/c1-4-18(16-8-6-5-7-9-16)19(25)21-11-10-17-13-26-20(22-17)24-15(3)12-14(2)23-24/h5-9,12-13,18H,4,10-11H2,1-3H3,(H,21,25). The number of rotatable bonds is 7. The fourth-order valence-electron chi connectivity index (χ4n) is 3.03. The van der Waals surface area contributed by atoms with Gasteiger partial charge in [0.1, 0.15) is 0 Å². The van der Waals surface area contributed by atoms with Crippen LogP contribution in [0.3, 0.4) is 0 Å². The second-order valence-electron chi connectivity index (χ2n) is 6.37. The highest BCUT2D eigenvalue weighted by molar-refractivity contribution is 7.12. The molecule has 0 aliphatic heterocycles. The Morgan fingerprint density at radius 2 is 2.04 bits per heavy atom. The van der Waals surface area contributed by atoms with Crippen molar-refractivity contribution in [3.8, 4) is 5.13 Å². The van der Waals surface area contributed by atoms with Gasteiger partial charge in [0.05, 0.1) is 17.3 Å². The maximum atomic E-state index is 12.5. The van der Waals surface area contributed by atoms with Crippen LogP contribution >= 0.6 is 11.3 Å². The van der Waals surface area contributed by atoms with Crippen molar-refractivity contribution >= 4 is 17.2 Å². The summed E-state index contributed by atoms with van der Waals surface area (Å²) < 4.78 is 1.87. The van der Waals surface area contributed by atoms with E-state index < -0.39 is 0 Å². The fourth-order valence-corrected chi connectivity index (χ4v) is 3.89. The molecule has 3 aromatic rings. The molecule has 3 rings (SSSR count). The zero-order valence-electron chi connectivity index (χ0n) is 15.4. The van der Waals surface area contributed by atoms with Gasteiger partial charge in [-0.2, -0.15) is 5.10 Å². The molecule has 6 heteroatoms. The first-order valence-corrected chi connectivity index (χ1v) is 9.77. The molecular weight excluding hydrogens is 344 g/mol. The number of benzene rings is 1. The van der Waals surface area contributed by atoms with Gasteiger partial charge in [-0.1, -0.05) is 37.3 Å². The number of aryl methyl sites for hydroxylation is 2.